The first-order valence-electron chi connectivity index (χ1n) is 6.10. The number of rotatable bonds is 4. The fraction of sp³-hybridized carbons (Fsp3) is 1.00. The van der Waals surface area contributed by atoms with Crippen LogP contribution in [0.25, 0.3) is 0 Å². The van der Waals surface area contributed by atoms with Crippen molar-refractivity contribution in [3.8, 4) is 0 Å². The molecule has 1 unspecified atom stereocenters. The van der Waals surface area contributed by atoms with Gasteiger partial charge in [0, 0.05) is 12.6 Å². The summed E-state index contributed by atoms with van der Waals surface area (Å²) in [6.07, 6.45) is 5.27. The van der Waals surface area contributed by atoms with Crippen molar-refractivity contribution in [3.05, 3.63) is 0 Å². The zero-order valence-corrected chi connectivity index (χ0v) is 10.7. The lowest BCUT2D eigenvalue weighted by atomic mass is 10.0. The normalized spacial score (nSPS) is 24.4. The molecule has 90 valence electrons. The van der Waals surface area contributed by atoms with E-state index in [4.69, 9.17) is 4.84 Å². The van der Waals surface area contributed by atoms with Gasteiger partial charge in [0.2, 0.25) is 0 Å². The minimum atomic E-state index is -0.0849. The molecule has 1 heterocycles. The highest BCUT2D eigenvalue weighted by Gasteiger charge is 2.18. The minimum Gasteiger partial charge on any atom is -0.303 e. The van der Waals surface area contributed by atoms with E-state index in [0.29, 0.717) is 0 Å². The van der Waals surface area contributed by atoms with Crippen molar-refractivity contribution in [2.75, 3.05) is 20.1 Å². The molecule has 1 atom stereocenters. The van der Waals surface area contributed by atoms with Crippen molar-refractivity contribution in [3.63, 3.8) is 0 Å². The Bertz CT molecular complexity index is 177. The summed E-state index contributed by atoms with van der Waals surface area (Å²) in [6, 6.07) is 0.745. The number of hydrogen-bond donors (Lipinski definition) is 1. The van der Waals surface area contributed by atoms with Crippen molar-refractivity contribution >= 4 is 0 Å². The highest BCUT2D eigenvalue weighted by atomic mass is 16.7. The Morgan fingerprint density at radius 1 is 1.33 bits per heavy atom. The van der Waals surface area contributed by atoms with Crippen LogP contribution in [0, 0.1) is 0 Å². The quantitative estimate of drug-likeness (QED) is 0.573. The van der Waals surface area contributed by atoms with Crippen LogP contribution in [-0.2, 0) is 4.84 Å². The van der Waals surface area contributed by atoms with Crippen molar-refractivity contribution in [1.29, 1.82) is 0 Å². The fourth-order valence-electron chi connectivity index (χ4n) is 2.00. The summed E-state index contributed by atoms with van der Waals surface area (Å²) in [5, 5.41) is 0. The van der Waals surface area contributed by atoms with Gasteiger partial charge in [0.25, 0.3) is 0 Å². The summed E-state index contributed by atoms with van der Waals surface area (Å²) in [4.78, 5) is 7.96. The number of nitrogens with one attached hydrogen (secondary N) is 1. The Morgan fingerprint density at radius 2 is 2.07 bits per heavy atom. The molecular formula is C12H26N2O. The largest absolute Gasteiger partial charge is 0.303 e. The van der Waals surface area contributed by atoms with Crippen molar-refractivity contribution in [1.82, 2.24) is 10.4 Å². The second-order valence-corrected chi connectivity index (χ2v) is 5.53. The van der Waals surface area contributed by atoms with Crippen LogP contribution in [-0.4, -0.2) is 36.7 Å². The Morgan fingerprint density at radius 3 is 2.67 bits per heavy atom. The molecule has 0 amide bonds. The van der Waals surface area contributed by atoms with Crippen molar-refractivity contribution < 1.29 is 4.84 Å². The van der Waals surface area contributed by atoms with E-state index in [1.807, 2.05) is 0 Å². The second-order valence-electron chi connectivity index (χ2n) is 5.53. The first-order chi connectivity index (χ1) is 6.99. The minimum absolute atomic E-state index is 0.0849. The van der Waals surface area contributed by atoms with Gasteiger partial charge in [-0.25, -0.2) is 5.48 Å². The highest BCUT2D eigenvalue weighted by Crippen LogP contribution is 2.17. The van der Waals surface area contributed by atoms with Gasteiger partial charge in [-0.3, -0.25) is 4.84 Å². The Labute approximate surface area is 94.1 Å². The number of piperidine rings is 1. The first kappa shape index (κ1) is 12.9. The SMILES string of the molecule is CN1CCCCC1CCNOC(C)(C)C. The summed E-state index contributed by atoms with van der Waals surface area (Å²) in [6.45, 7) is 8.39. The average molecular weight is 214 g/mol. The molecule has 0 aromatic carbocycles. The lowest BCUT2D eigenvalue weighted by Crippen LogP contribution is -2.39. The summed E-state index contributed by atoms with van der Waals surface area (Å²) in [7, 11) is 2.23. The molecule has 0 saturated carbocycles. The van der Waals surface area contributed by atoms with Crippen molar-refractivity contribution in [2.24, 2.45) is 0 Å². The maximum atomic E-state index is 5.49. The van der Waals surface area contributed by atoms with E-state index >= 15 is 0 Å². The molecule has 1 saturated heterocycles. The van der Waals surface area contributed by atoms with Gasteiger partial charge < -0.3 is 4.90 Å². The molecule has 0 aromatic rings. The molecule has 1 aliphatic rings. The Kier molecular flexibility index (Phi) is 5.03. The molecule has 3 heteroatoms. The highest BCUT2D eigenvalue weighted by molar-refractivity contribution is 4.74. The molecular weight excluding hydrogens is 188 g/mol. The molecule has 1 aliphatic heterocycles. The second kappa shape index (κ2) is 5.83. The van der Waals surface area contributed by atoms with Gasteiger partial charge in [-0.05, 0) is 53.6 Å². The van der Waals surface area contributed by atoms with Crippen LogP contribution in [0.15, 0.2) is 0 Å². The van der Waals surface area contributed by atoms with Gasteiger partial charge in [0.15, 0.2) is 0 Å². The number of hydroxylamine groups is 1. The third-order valence-corrected chi connectivity index (χ3v) is 2.88. The average Bonchev–Trinajstić information content (AvgIpc) is 2.13. The molecule has 1 N–H and O–H groups in total. The molecule has 15 heavy (non-hydrogen) atoms. The zero-order chi connectivity index (χ0) is 11.3. The monoisotopic (exact) mass is 214 g/mol. The summed E-state index contributed by atoms with van der Waals surface area (Å²) < 4.78 is 0. The third-order valence-electron chi connectivity index (χ3n) is 2.88. The van der Waals surface area contributed by atoms with Crippen LogP contribution < -0.4 is 5.48 Å². The molecule has 0 radical (unpaired) electrons. The number of likely N-dealkylation sites (tertiary alicyclic amines) is 1. The van der Waals surface area contributed by atoms with E-state index in [1.165, 1.54) is 32.2 Å². The van der Waals surface area contributed by atoms with Crippen LogP contribution >= 0.6 is 0 Å². The summed E-state index contributed by atoms with van der Waals surface area (Å²) >= 11 is 0. The molecule has 0 spiro atoms. The summed E-state index contributed by atoms with van der Waals surface area (Å²) in [5.41, 5.74) is 2.98. The van der Waals surface area contributed by atoms with Gasteiger partial charge in [-0.2, -0.15) is 0 Å². The first-order valence-corrected chi connectivity index (χ1v) is 6.10. The molecule has 1 fully saturated rings. The summed E-state index contributed by atoms with van der Waals surface area (Å²) in [5.74, 6) is 0. The lowest BCUT2D eigenvalue weighted by Gasteiger charge is -2.32. The van der Waals surface area contributed by atoms with Crippen molar-refractivity contribution in [2.45, 2.75) is 58.1 Å². The standard InChI is InChI=1S/C12H26N2O/c1-12(2,3)15-13-9-8-11-7-5-6-10-14(11)4/h11,13H,5-10H2,1-4H3. The van der Waals surface area contributed by atoms with E-state index in [0.717, 1.165) is 12.6 Å². The number of nitrogens with zero attached hydrogens (tertiary/aromatic N) is 1. The van der Waals surface area contributed by atoms with Gasteiger partial charge >= 0.3 is 0 Å². The molecule has 3 nitrogen and oxygen atoms in total. The smallest absolute Gasteiger partial charge is 0.0812 e. The van der Waals surface area contributed by atoms with E-state index in [2.05, 4.69) is 38.2 Å². The van der Waals surface area contributed by atoms with E-state index < -0.39 is 0 Å². The van der Waals surface area contributed by atoms with Gasteiger partial charge in [0.05, 0.1) is 5.60 Å². The van der Waals surface area contributed by atoms with Gasteiger partial charge in [-0.15, -0.1) is 0 Å². The maximum absolute atomic E-state index is 5.49. The van der Waals surface area contributed by atoms with Crippen LogP contribution in [0.2, 0.25) is 0 Å². The number of hydrogen-bond acceptors (Lipinski definition) is 3. The molecule has 1 rings (SSSR count). The fourth-order valence-corrected chi connectivity index (χ4v) is 2.00. The van der Waals surface area contributed by atoms with Crippen LogP contribution in [0.5, 0.6) is 0 Å². The Hall–Kier alpha value is -0.120. The predicted octanol–water partition coefficient (Wildman–Crippen LogP) is 2.18. The zero-order valence-electron chi connectivity index (χ0n) is 10.7. The molecule has 0 bridgehead atoms. The van der Waals surface area contributed by atoms with Crippen LogP contribution in [0.3, 0.4) is 0 Å². The maximum Gasteiger partial charge on any atom is 0.0812 e. The van der Waals surface area contributed by atoms with E-state index in [9.17, 15) is 0 Å². The third kappa shape index (κ3) is 5.50. The molecule has 0 aromatic heterocycles. The predicted molar refractivity (Wildman–Crippen MR) is 63.7 cm³/mol. The topological polar surface area (TPSA) is 24.5 Å². The lowest BCUT2D eigenvalue weighted by molar-refractivity contribution is -0.0744. The van der Waals surface area contributed by atoms with E-state index in [-0.39, 0.29) is 5.60 Å². The van der Waals surface area contributed by atoms with Gasteiger partial charge in [-0.1, -0.05) is 6.42 Å². The molecule has 0 aliphatic carbocycles. The van der Waals surface area contributed by atoms with Crippen LogP contribution in [0.1, 0.15) is 46.5 Å². The van der Waals surface area contributed by atoms with E-state index in [1.54, 1.807) is 0 Å². The van der Waals surface area contributed by atoms with Gasteiger partial charge in [0.1, 0.15) is 0 Å². The Balaban J connectivity index is 2.08. The van der Waals surface area contributed by atoms with Crippen LogP contribution in [0.4, 0.5) is 0 Å².